The molecule has 41 heavy (non-hydrogen) atoms. The number of thioether (sulfide) groups is 1. The number of ether oxygens (including phenoxy) is 2. The maximum Gasteiger partial charge on any atom is 0.407 e. The lowest BCUT2D eigenvalue weighted by Crippen LogP contribution is -2.50. The summed E-state index contributed by atoms with van der Waals surface area (Å²) in [6, 6.07) is 24.5. The van der Waals surface area contributed by atoms with Gasteiger partial charge in [-0.3, -0.25) is 4.79 Å². The Morgan fingerprint density at radius 3 is 2.32 bits per heavy atom. The van der Waals surface area contributed by atoms with Crippen molar-refractivity contribution in [2.24, 2.45) is 0 Å². The van der Waals surface area contributed by atoms with Crippen LogP contribution in [0.2, 0.25) is 5.02 Å². The molecule has 3 atom stereocenters. The quantitative estimate of drug-likeness (QED) is 0.188. The van der Waals surface area contributed by atoms with Crippen molar-refractivity contribution in [2.75, 3.05) is 32.5 Å². The molecule has 9 heteroatoms. The maximum atomic E-state index is 13.5. The minimum atomic E-state index is -0.849. The fraction of sp³-hybridized carbons (Fsp3) is 0.375. The molecule has 218 valence electrons. The van der Waals surface area contributed by atoms with Gasteiger partial charge in [-0.05, 0) is 54.7 Å². The van der Waals surface area contributed by atoms with Crippen molar-refractivity contribution in [1.29, 1.82) is 0 Å². The number of carbonyl (C=O) groups excluding carboxylic acids is 2. The van der Waals surface area contributed by atoms with Gasteiger partial charge in [0.05, 0.1) is 19.3 Å². The van der Waals surface area contributed by atoms with E-state index in [-0.39, 0.29) is 24.0 Å². The van der Waals surface area contributed by atoms with Crippen LogP contribution in [0.1, 0.15) is 35.4 Å². The van der Waals surface area contributed by atoms with Crippen molar-refractivity contribution in [2.45, 2.75) is 48.8 Å². The predicted octanol–water partition coefficient (Wildman–Crippen LogP) is 5.55. The SMILES string of the molecule is COC(=O)N[C@H](C(=O)NCCCC1CNC[C@@H](CSc2ccc(Cl)cc2C)O1)C(c1ccccc1)c1ccccc1. The number of nitrogens with one attached hydrogen (secondary N) is 3. The highest BCUT2D eigenvalue weighted by Gasteiger charge is 2.32. The molecule has 3 aromatic carbocycles. The van der Waals surface area contributed by atoms with Crippen molar-refractivity contribution in [3.63, 3.8) is 0 Å². The van der Waals surface area contributed by atoms with Crippen LogP contribution >= 0.6 is 23.4 Å². The number of aryl methyl sites for hydroxylation is 1. The number of methoxy groups -OCH3 is 1. The van der Waals surface area contributed by atoms with E-state index >= 15 is 0 Å². The fourth-order valence-electron chi connectivity index (χ4n) is 5.04. The number of hydrogen-bond acceptors (Lipinski definition) is 6. The van der Waals surface area contributed by atoms with E-state index in [1.54, 1.807) is 11.8 Å². The first kappa shape index (κ1) is 30.9. The molecule has 1 aliphatic heterocycles. The van der Waals surface area contributed by atoms with Gasteiger partial charge in [-0.2, -0.15) is 0 Å². The third-order valence-electron chi connectivity index (χ3n) is 7.08. The summed E-state index contributed by atoms with van der Waals surface area (Å²) in [6.45, 7) is 4.13. The summed E-state index contributed by atoms with van der Waals surface area (Å²) in [5.41, 5.74) is 3.02. The van der Waals surface area contributed by atoms with Gasteiger partial charge in [0.15, 0.2) is 0 Å². The molecule has 4 rings (SSSR count). The second-order valence-electron chi connectivity index (χ2n) is 10.1. The van der Waals surface area contributed by atoms with Gasteiger partial charge < -0.3 is 25.4 Å². The van der Waals surface area contributed by atoms with Gasteiger partial charge in [0.2, 0.25) is 5.91 Å². The number of alkyl carbamates (subject to hydrolysis) is 1. The van der Waals surface area contributed by atoms with E-state index in [9.17, 15) is 9.59 Å². The van der Waals surface area contributed by atoms with Gasteiger partial charge in [0.25, 0.3) is 0 Å². The highest BCUT2D eigenvalue weighted by Crippen LogP contribution is 2.29. The average Bonchev–Trinajstić information content (AvgIpc) is 2.99. The molecule has 1 unspecified atom stereocenters. The molecule has 3 aromatic rings. The zero-order valence-corrected chi connectivity index (χ0v) is 25.0. The van der Waals surface area contributed by atoms with Crippen LogP contribution in [0.4, 0.5) is 4.79 Å². The van der Waals surface area contributed by atoms with Crippen LogP contribution in [0, 0.1) is 6.92 Å². The molecule has 1 heterocycles. The summed E-state index contributed by atoms with van der Waals surface area (Å²) in [6.07, 6.45) is 1.09. The Morgan fingerprint density at radius 1 is 1.02 bits per heavy atom. The molecule has 0 saturated carbocycles. The summed E-state index contributed by atoms with van der Waals surface area (Å²) in [4.78, 5) is 27.0. The second-order valence-corrected chi connectivity index (χ2v) is 11.6. The molecule has 0 aromatic heterocycles. The van der Waals surface area contributed by atoms with E-state index in [2.05, 4.69) is 28.9 Å². The van der Waals surface area contributed by atoms with Crippen molar-refractivity contribution in [1.82, 2.24) is 16.0 Å². The van der Waals surface area contributed by atoms with Crippen molar-refractivity contribution >= 4 is 35.4 Å². The average molecular weight is 596 g/mol. The summed E-state index contributed by atoms with van der Waals surface area (Å²) in [7, 11) is 1.30. The lowest BCUT2D eigenvalue weighted by Gasteiger charge is -2.31. The number of halogens is 1. The summed E-state index contributed by atoms with van der Waals surface area (Å²) < 4.78 is 11.2. The first-order valence-corrected chi connectivity index (χ1v) is 15.3. The van der Waals surface area contributed by atoms with Crippen LogP contribution in [0.15, 0.2) is 83.8 Å². The monoisotopic (exact) mass is 595 g/mol. The first-order valence-electron chi connectivity index (χ1n) is 13.9. The normalized spacial score (nSPS) is 17.6. The lowest BCUT2D eigenvalue weighted by molar-refractivity contribution is -0.123. The van der Waals surface area contributed by atoms with Crippen LogP contribution < -0.4 is 16.0 Å². The zero-order valence-electron chi connectivity index (χ0n) is 23.5. The predicted molar refractivity (Wildman–Crippen MR) is 165 cm³/mol. The summed E-state index contributed by atoms with van der Waals surface area (Å²) >= 11 is 7.87. The van der Waals surface area contributed by atoms with Crippen LogP contribution in [0.25, 0.3) is 0 Å². The Balaban J connectivity index is 1.32. The fourth-order valence-corrected chi connectivity index (χ4v) is 6.27. The number of benzene rings is 3. The molecule has 0 radical (unpaired) electrons. The van der Waals surface area contributed by atoms with Crippen LogP contribution in [-0.2, 0) is 14.3 Å². The van der Waals surface area contributed by atoms with Gasteiger partial charge in [-0.25, -0.2) is 4.79 Å². The molecule has 2 amide bonds. The Labute approximate surface area is 251 Å². The minimum absolute atomic E-state index is 0.0722. The first-order chi connectivity index (χ1) is 19.9. The molecule has 1 fully saturated rings. The topological polar surface area (TPSA) is 88.7 Å². The largest absolute Gasteiger partial charge is 0.453 e. The molecule has 1 aliphatic rings. The summed E-state index contributed by atoms with van der Waals surface area (Å²) in [5.74, 6) is 0.206. The number of hydrogen-bond donors (Lipinski definition) is 3. The Bertz CT molecular complexity index is 1220. The molecule has 0 aliphatic carbocycles. The Morgan fingerprint density at radius 2 is 1.68 bits per heavy atom. The van der Waals surface area contributed by atoms with Gasteiger partial charge in [-0.15, -0.1) is 11.8 Å². The molecule has 0 bridgehead atoms. The molecule has 7 nitrogen and oxygen atoms in total. The minimum Gasteiger partial charge on any atom is -0.453 e. The van der Waals surface area contributed by atoms with E-state index in [0.717, 1.165) is 47.8 Å². The molecule has 0 spiro atoms. The van der Waals surface area contributed by atoms with Crippen molar-refractivity contribution < 1.29 is 19.1 Å². The third kappa shape index (κ3) is 9.23. The van der Waals surface area contributed by atoms with Crippen molar-refractivity contribution in [3.8, 4) is 0 Å². The van der Waals surface area contributed by atoms with Gasteiger partial charge in [0, 0.05) is 41.2 Å². The van der Waals surface area contributed by atoms with Gasteiger partial charge in [-0.1, -0.05) is 72.3 Å². The van der Waals surface area contributed by atoms with Crippen LogP contribution in [0.5, 0.6) is 0 Å². The van der Waals surface area contributed by atoms with Gasteiger partial charge in [0.1, 0.15) is 6.04 Å². The second kappa shape index (κ2) is 15.8. The zero-order chi connectivity index (χ0) is 29.0. The van der Waals surface area contributed by atoms with E-state index in [4.69, 9.17) is 21.1 Å². The standard InChI is InChI=1S/C32H38ClN3O4S/c1-22-18-25(33)15-16-28(22)41-21-27-20-34-19-26(40-27)14-9-17-35-31(37)30(36-32(38)39-2)29(23-10-5-3-6-11-23)24-12-7-4-8-13-24/h3-8,10-13,15-16,18,26-27,29-30,34H,9,14,17,19-21H2,1-2H3,(H,35,37)(H,36,38)/t26?,27-,30-/m0/s1. The Kier molecular flexibility index (Phi) is 11.9. The van der Waals surface area contributed by atoms with E-state index in [1.165, 1.54) is 17.6 Å². The maximum absolute atomic E-state index is 13.5. The highest BCUT2D eigenvalue weighted by molar-refractivity contribution is 7.99. The third-order valence-corrected chi connectivity index (χ3v) is 8.63. The van der Waals surface area contributed by atoms with E-state index in [0.29, 0.717) is 6.54 Å². The lowest BCUT2D eigenvalue weighted by atomic mass is 9.84. The smallest absolute Gasteiger partial charge is 0.407 e. The molecular formula is C32H38ClN3O4S. The van der Waals surface area contributed by atoms with E-state index in [1.807, 2.05) is 72.8 Å². The Hall–Kier alpha value is -3.04. The van der Waals surface area contributed by atoms with E-state index < -0.39 is 12.1 Å². The van der Waals surface area contributed by atoms with Crippen molar-refractivity contribution in [3.05, 3.63) is 101 Å². The summed E-state index contributed by atoms with van der Waals surface area (Å²) in [5, 5.41) is 10.0. The number of rotatable bonds is 12. The number of carbonyl (C=O) groups is 2. The van der Waals surface area contributed by atoms with Crippen LogP contribution in [-0.4, -0.2) is 62.7 Å². The molecule has 3 N–H and O–H groups in total. The molecule has 1 saturated heterocycles. The number of amides is 2. The van der Waals surface area contributed by atoms with Gasteiger partial charge >= 0.3 is 6.09 Å². The molecular weight excluding hydrogens is 558 g/mol. The highest BCUT2D eigenvalue weighted by atomic mass is 35.5. The van der Waals surface area contributed by atoms with Crippen LogP contribution in [0.3, 0.4) is 0 Å². The number of morpholine rings is 1.